The number of thiophene rings is 1. The second kappa shape index (κ2) is 8.93. The van der Waals surface area contributed by atoms with E-state index in [-0.39, 0.29) is 0 Å². The third kappa shape index (κ3) is 4.02. The Balaban J connectivity index is 1.87. The van der Waals surface area contributed by atoms with Gasteiger partial charge in [-0.3, -0.25) is 9.59 Å². The van der Waals surface area contributed by atoms with Gasteiger partial charge in [-0.15, -0.1) is 11.3 Å². The maximum Gasteiger partial charge on any atom is 0.234 e. The summed E-state index contributed by atoms with van der Waals surface area (Å²) in [4.78, 5) is 27.9. The summed E-state index contributed by atoms with van der Waals surface area (Å²) >= 11 is 1.63. The van der Waals surface area contributed by atoms with Crippen LogP contribution in [0.3, 0.4) is 0 Å². The second-order valence-corrected chi connectivity index (χ2v) is 8.80. The van der Waals surface area contributed by atoms with Gasteiger partial charge in [-0.2, -0.15) is 0 Å². The molecule has 0 aliphatic carbocycles. The molecule has 0 amide bonds. The maximum absolute atomic E-state index is 13.5. The number of benzene rings is 3. The first kappa shape index (κ1) is 21.7. The third-order valence-electron chi connectivity index (χ3n) is 5.50. The molecule has 1 heterocycles. The molecule has 32 heavy (non-hydrogen) atoms. The van der Waals surface area contributed by atoms with Crippen LogP contribution in [0.1, 0.15) is 37.4 Å². The molecule has 4 aromatic rings. The molecule has 0 radical (unpaired) electrons. The lowest BCUT2D eigenvalue weighted by atomic mass is 9.89. The van der Waals surface area contributed by atoms with Gasteiger partial charge in [-0.25, -0.2) is 0 Å². The van der Waals surface area contributed by atoms with E-state index < -0.39 is 11.6 Å². The van der Waals surface area contributed by atoms with Gasteiger partial charge < -0.3 is 4.74 Å². The van der Waals surface area contributed by atoms with E-state index in [1.165, 1.54) is 5.56 Å². The van der Waals surface area contributed by atoms with E-state index in [1.807, 2.05) is 56.3 Å². The summed E-state index contributed by atoms with van der Waals surface area (Å²) in [6.45, 7) is 5.81. The molecule has 0 spiro atoms. The van der Waals surface area contributed by atoms with Gasteiger partial charge in [0.05, 0.1) is 7.11 Å². The first-order valence-corrected chi connectivity index (χ1v) is 11.3. The van der Waals surface area contributed by atoms with Crippen molar-refractivity contribution in [3.8, 4) is 27.3 Å². The van der Waals surface area contributed by atoms with E-state index in [1.54, 1.807) is 36.6 Å². The van der Waals surface area contributed by atoms with E-state index >= 15 is 0 Å². The van der Waals surface area contributed by atoms with Gasteiger partial charge in [0.15, 0.2) is 0 Å². The number of Topliss-reactive ketones (excluding diaryl/α,β-unsaturated/α-hetero) is 2. The number of aryl methyl sites for hydroxylation is 3. The van der Waals surface area contributed by atoms with Gasteiger partial charge in [-0.1, -0.05) is 48.5 Å². The first-order chi connectivity index (χ1) is 15.4. The van der Waals surface area contributed by atoms with Crippen LogP contribution in [0.25, 0.3) is 21.6 Å². The number of ketones is 2. The Morgan fingerprint density at radius 2 is 1.50 bits per heavy atom. The zero-order valence-electron chi connectivity index (χ0n) is 18.6. The number of ether oxygens (including phenoxy) is 1. The van der Waals surface area contributed by atoms with Crippen LogP contribution in [-0.4, -0.2) is 18.7 Å². The van der Waals surface area contributed by atoms with Crippen molar-refractivity contribution in [2.75, 3.05) is 7.11 Å². The van der Waals surface area contributed by atoms with Crippen LogP contribution in [0.5, 0.6) is 5.75 Å². The fraction of sp³-hybridized carbons (Fsp3) is 0.143. The van der Waals surface area contributed by atoms with E-state index in [0.29, 0.717) is 11.1 Å². The quantitative estimate of drug-likeness (QED) is 0.238. The fourth-order valence-electron chi connectivity index (χ4n) is 4.09. The van der Waals surface area contributed by atoms with Crippen molar-refractivity contribution in [2.24, 2.45) is 0 Å². The molecule has 0 atom stereocenters. The Bertz CT molecular complexity index is 1290. The smallest absolute Gasteiger partial charge is 0.234 e. The van der Waals surface area contributed by atoms with E-state index in [4.69, 9.17) is 4.74 Å². The molecule has 0 saturated carbocycles. The molecule has 0 aliphatic heterocycles. The lowest BCUT2D eigenvalue weighted by molar-refractivity contribution is 0.0817. The minimum Gasteiger partial charge on any atom is -0.496 e. The summed E-state index contributed by atoms with van der Waals surface area (Å²) in [7, 11) is 1.60. The molecule has 0 aliphatic rings. The Morgan fingerprint density at radius 1 is 0.812 bits per heavy atom. The highest BCUT2D eigenvalue weighted by molar-refractivity contribution is 7.13. The van der Waals surface area contributed by atoms with Crippen molar-refractivity contribution in [3.63, 3.8) is 0 Å². The molecule has 4 rings (SSSR count). The monoisotopic (exact) mass is 440 g/mol. The summed E-state index contributed by atoms with van der Waals surface area (Å²) in [6, 6.07) is 20.9. The van der Waals surface area contributed by atoms with Crippen molar-refractivity contribution in [1.82, 2.24) is 0 Å². The number of carbonyl (C=O) groups is 2. The van der Waals surface area contributed by atoms with E-state index in [2.05, 4.69) is 18.4 Å². The van der Waals surface area contributed by atoms with Crippen molar-refractivity contribution in [1.29, 1.82) is 0 Å². The SMILES string of the molecule is COc1c(C)cc(C(=O)C(=O)c2cccc(-c3cc(C)cs3)c2-c2ccccc2)cc1C. The summed E-state index contributed by atoms with van der Waals surface area (Å²) < 4.78 is 5.40. The van der Waals surface area contributed by atoms with Crippen LogP contribution in [0, 0.1) is 20.8 Å². The van der Waals surface area contributed by atoms with Crippen LogP contribution < -0.4 is 4.74 Å². The van der Waals surface area contributed by atoms with Crippen molar-refractivity contribution >= 4 is 22.9 Å². The molecule has 0 N–H and O–H groups in total. The lowest BCUT2D eigenvalue weighted by Crippen LogP contribution is -2.16. The highest BCUT2D eigenvalue weighted by Gasteiger charge is 2.25. The second-order valence-electron chi connectivity index (χ2n) is 7.88. The zero-order chi connectivity index (χ0) is 22.8. The van der Waals surface area contributed by atoms with Crippen LogP contribution in [0.4, 0.5) is 0 Å². The van der Waals surface area contributed by atoms with Crippen molar-refractivity contribution < 1.29 is 14.3 Å². The molecule has 3 nitrogen and oxygen atoms in total. The average Bonchev–Trinajstić information content (AvgIpc) is 3.24. The minimum atomic E-state index is -0.518. The number of hydrogen-bond acceptors (Lipinski definition) is 4. The Hall–Kier alpha value is -3.50. The summed E-state index contributed by atoms with van der Waals surface area (Å²) in [5, 5.41) is 2.09. The zero-order valence-corrected chi connectivity index (χ0v) is 19.4. The van der Waals surface area contributed by atoms with Crippen molar-refractivity contribution in [3.05, 3.63) is 99.9 Å². The van der Waals surface area contributed by atoms with Crippen LogP contribution in [0.2, 0.25) is 0 Å². The molecule has 0 saturated heterocycles. The number of rotatable bonds is 6. The molecule has 160 valence electrons. The normalized spacial score (nSPS) is 10.8. The van der Waals surface area contributed by atoms with E-state index in [0.717, 1.165) is 38.4 Å². The van der Waals surface area contributed by atoms with Gasteiger partial charge in [0.2, 0.25) is 11.6 Å². The van der Waals surface area contributed by atoms with Gasteiger partial charge in [0, 0.05) is 27.1 Å². The minimum absolute atomic E-state index is 0.377. The summed E-state index contributed by atoms with van der Waals surface area (Å²) in [5.74, 6) is -0.299. The third-order valence-corrected chi connectivity index (χ3v) is 6.58. The van der Waals surface area contributed by atoms with E-state index in [9.17, 15) is 9.59 Å². The lowest BCUT2D eigenvalue weighted by Gasteiger charge is -2.15. The van der Waals surface area contributed by atoms with Gasteiger partial charge in [-0.05, 0) is 66.6 Å². The Morgan fingerprint density at radius 3 is 2.09 bits per heavy atom. The van der Waals surface area contributed by atoms with Crippen LogP contribution >= 0.6 is 11.3 Å². The Kier molecular flexibility index (Phi) is 6.06. The molecule has 0 bridgehead atoms. The largest absolute Gasteiger partial charge is 0.496 e. The predicted octanol–water partition coefficient (Wildman–Crippen LogP) is 7.08. The predicted molar refractivity (Wildman–Crippen MR) is 131 cm³/mol. The van der Waals surface area contributed by atoms with Gasteiger partial charge in [0.1, 0.15) is 5.75 Å². The number of methoxy groups -OCH3 is 1. The molecule has 0 fully saturated rings. The van der Waals surface area contributed by atoms with Crippen molar-refractivity contribution in [2.45, 2.75) is 20.8 Å². The Labute approximate surface area is 192 Å². The average molecular weight is 441 g/mol. The summed E-state index contributed by atoms with van der Waals surface area (Å²) in [5.41, 5.74) is 6.27. The van der Waals surface area contributed by atoms with Crippen LogP contribution in [-0.2, 0) is 0 Å². The topological polar surface area (TPSA) is 43.4 Å². The fourth-order valence-corrected chi connectivity index (χ4v) is 5.02. The van der Waals surface area contributed by atoms with Gasteiger partial charge in [0.25, 0.3) is 0 Å². The molecular formula is C28H24O3S. The molecule has 1 aromatic heterocycles. The molecule has 0 unspecified atom stereocenters. The highest BCUT2D eigenvalue weighted by Crippen LogP contribution is 2.38. The molecule has 3 aromatic carbocycles. The molecule has 4 heteroatoms. The van der Waals surface area contributed by atoms with Crippen LogP contribution in [0.15, 0.2) is 72.1 Å². The first-order valence-electron chi connectivity index (χ1n) is 10.4. The number of hydrogen-bond donors (Lipinski definition) is 0. The van der Waals surface area contributed by atoms with Gasteiger partial charge >= 0.3 is 0 Å². The maximum atomic E-state index is 13.5. The summed E-state index contributed by atoms with van der Waals surface area (Å²) in [6.07, 6.45) is 0. The number of carbonyl (C=O) groups excluding carboxylic acids is 2. The standard InChI is InChI=1S/C28H24O3S/c1-17-13-24(32-16-17)22-11-8-12-23(25(22)20-9-6-5-7-10-20)27(30)26(29)21-14-18(2)28(31-4)19(3)15-21/h5-16H,1-4H3. The molecular weight excluding hydrogens is 416 g/mol. The highest BCUT2D eigenvalue weighted by atomic mass is 32.1.